The monoisotopic (exact) mass is 314 g/mol. The van der Waals surface area contributed by atoms with Crippen LogP contribution >= 0.6 is 0 Å². The molecule has 0 radical (unpaired) electrons. The van der Waals surface area contributed by atoms with Crippen molar-refractivity contribution in [1.82, 2.24) is 4.31 Å². The lowest BCUT2D eigenvalue weighted by molar-refractivity contribution is 0.149. The van der Waals surface area contributed by atoms with E-state index in [1.54, 1.807) is 20.1 Å². The normalized spacial score (nSPS) is 16.4. The summed E-state index contributed by atoms with van der Waals surface area (Å²) in [5.74, 6) is 0.437. The van der Waals surface area contributed by atoms with Crippen molar-refractivity contribution in [3.63, 3.8) is 0 Å². The Hall–Kier alpha value is -1.31. The van der Waals surface area contributed by atoms with Crippen molar-refractivity contribution in [2.45, 2.75) is 30.7 Å². The topological polar surface area (TPSA) is 81.9 Å². The third kappa shape index (κ3) is 3.14. The van der Waals surface area contributed by atoms with Gasteiger partial charge in [0.15, 0.2) is 0 Å². The molecule has 1 aliphatic heterocycles. The van der Waals surface area contributed by atoms with Crippen molar-refractivity contribution in [2.24, 2.45) is 0 Å². The molecule has 1 aromatic carbocycles. The molecule has 1 atom stereocenters. The van der Waals surface area contributed by atoms with Crippen molar-refractivity contribution in [3.8, 4) is 5.75 Å². The number of hydrogen-bond donors (Lipinski definition) is 1. The highest BCUT2D eigenvalue weighted by Crippen LogP contribution is 2.36. The summed E-state index contributed by atoms with van der Waals surface area (Å²) in [5.41, 5.74) is 7.14. The number of anilines is 1. The lowest BCUT2D eigenvalue weighted by atomic mass is 10.1. The molecule has 0 amide bonds. The molecule has 1 aromatic rings. The first-order valence-corrected chi connectivity index (χ1v) is 8.34. The van der Waals surface area contributed by atoms with Crippen LogP contribution in [0.3, 0.4) is 0 Å². The Morgan fingerprint density at radius 2 is 2.19 bits per heavy atom. The van der Waals surface area contributed by atoms with Gasteiger partial charge >= 0.3 is 0 Å². The van der Waals surface area contributed by atoms with Crippen molar-refractivity contribution in [3.05, 3.63) is 17.7 Å². The number of nitrogens with two attached hydrogens (primary N) is 1. The summed E-state index contributed by atoms with van der Waals surface area (Å²) in [7, 11) is -0.593. The lowest BCUT2D eigenvalue weighted by Gasteiger charge is -2.27. The minimum absolute atomic E-state index is 0.141. The molecular formula is C14H22N2O4S. The standard InChI is InChI=1S/C14H22N2O4S/c1-10(9-19-3)16(2)21(17,18)13-8-12(15)7-11-5-4-6-20-14(11)13/h7-8,10H,4-6,9,15H2,1-3H3. The second-order valence-electron chi connectivity index (χ2n) is 5.28. The number of aryl methyl sites for hydroxylation is 1. The smallest absolute Gasteiger partial charge is 0.246 e. The fourth-order valence-corrected chi connectivity index (χ4v) is 3.95. The Labute approximate surface area is 125 Å². The van der Waals surface area contributed by atoms with Crippen LogP contribution in [0, 0.1) is 0 Å². The van der Waals surface area contributed by atoms with Gasteiger partial charge in [-0.15, -0.1) is 0 Å². The summed E-state index contributed by atoms with van der Waals surface area (Å²) in [6.45, 7) is 2.64. The summed E-state index contributed by atoms with van der Waals surface area (Å²) >= 11 is 0. The Morgan fingerprint density at radius 1 is 1.48 bits per heavy atom. The van der Waals surface area contributed by atoms with Gasteiger partial charge in [0.1, 0.15) is 10.6 Å². The van der Waals surface area contributed by atoms with Gasteiger partial charge in [0.05, 0.1) is 13.2 Å². The van der Waals surface area contributed by atoms with E-state index in [4.69, 9.17) is 15.2 Å². The molecule has 0 spiro atoms. The fourth-order valence-electron chi connectivity index (χ4n) is 2.40. The van der Waals surface area contributed by atoms with Gasteiger partial charge < -0.3 is 15.2 Å². The van der Waals surface area contributed by atoms with E-state index in [0.717, 1.165) is 18.4 Å². The average molecular weight is 314 g/mol. The molecule has 6 nitrogen and oxygen atoms in total. The molecule has 0 fully saturated rings. The molecule has 21 heavy (non-hydrogen) atoms. The van der Waals surface area contributed by atoms with Crippen LogP contribution in [-0.2, 0) is 21.2 Å². The third-order valence-corrected chi connectivity index (χ3v) is 5.65. The molecule has 0 saturated carbocycles. The molecule has 1 unspecified atom stereocenters. The molecule has 0 saturated heterocycles. The van der Waals surface area contributed by atoms with Gasteiger partial charge in [0, 0.05) is 25.9 Å². The number of hydrogen-bond acceptors (Lipinski definition) is 5. The zero-order valence-electron chi connectivity index (χ0n) is 12.6. The van der Waals surface area contributed by atoms with E-state index >= 15 is 0 Å². The number of methoxy groups -OCH3 is 1. The summed E-state index contributed by atoms with van der Waals surface area (Å²) < 4.78 is 37.5. The maximum absolute atomic E-state index is 12.8. The number of sulfonamides is 1. The molecule has 7 heteroatoms. The number of nitrogen functional groups attached to an aromatic ring is 1. The highest BCUT2D eigenvalue weighted by Gasteiger charge is 2.31. The van der Waals surface area contributed by atoms with Crippen molar-refractivity contribution in [1.29, 1.82) is 0 Å². The molecule has 0 bridgehead atoms. The van der Waals surface area contributed by atoms with Crippen LogP contribution in [0.1, 0.15) is 18.9 Å². The molecule has 2 rings (SSSR count). The minimum atomic E-state index is -3.68. The van der Waals surface area contributed by atoms with Crippen molar-refractivity contribution >= 4 is 15.7 Å². The van der Waals surface area contributed by atoms with E-state index in [9.17, 15) is 8.42 Å². The van der Waals surface area contributed by atoms with Crippen LogP contribution in [-0.4, -0.2) is 46.1 Å². The van der Waals surface area contributed by atoms with Gasteiger partial charge in [-0.25, -0.2) is 8.42 Å². The van der Waals surface area contributed by atoms with Crippen LogP contribution in [0.2, 0.25) is 0 Å². The number of nitrogens with zero attached hydrogens (tertiary/aromatic N) is 1. The Balaban J connectivity index is 2.47. The first-order valence-electron chi connectivity index (χ1n) is 6.90. The lowest BCUT2D eigenvalue weighted by Crippen LogP contribution is -2.38. The largest absolute Gasteiger partial charge is 0.492 e. The minimum Gasteiger partial charge on any atom is -0.492 e. The van der Waals surface area contributed by atoms with Crippen molar-refractivity contribution < 1.29 is 17.9 Å². The SMILES string of the molecule is COCC(C)N(C)S(=O)(=O)c1cc(N)cc2c1OCCC2. The van der Waals surface area contributed by atoms with Crippen LogP contribution in [0.25, 0.3) is 0 Å². The summed E-state index contributed by atoms with van der Waals surface area (Å²) in [5, 5.41) is 0. The van der Waals surface area contributed by atoms with Gasteiger partial charge in [-0.1, -0.05) is 0 Å². The predicted octanol–water partition coefficient (Wildman–Crippen LogP) is 1.25. The van der Waals surface area contributed by atoms with E-state index < -0.39 is 10.0 Å². The number of likely N-dealkylation sites (N-methyl/N-ethyl adjacent to an activating group) is 1. The number of benzene rings is 1. The first kappa shape index (κ1) is 16.1. The van der Waals surface area contributed by atoms with E-state index in [2.05, 4.69) is 0 Å². The van der Waals surface area contributed by atoms with Gasteiger partial charge in [-0.2, -0.15) is 4.31 Å². The summed E-state index contributed by atoms with van der Waals surface area (Å²) in [6.07, 6.45) is 1.64. The molecule has 2 N–H and O–H groups in total. The Kier molecular flexibility index (Phi) is 4.75. The average Bonchev–Trinajstić information content (AvgIpc) is 2.45. The van der Waals surface area contributed by atoms with Gasteiger partial charge in [0.2, 0.25) is 10.0 Å². The summed E-state index contributed by atoms with van der Waals surface area (Å²) in [4.78, 5) is 0.141. The van der Waals surface area contributed by atoms with Gasteiger partial charge in [-0.05, 0) is 37.5 Å². The predicted molar refractivity (Wildman–Crippen MR) is 81.0 cm³/mol. The van der Waals surface area contributed by atoms with Crippen molar-refractivity contribution in [2.75, 3.05) is 33.1 Å². The Bertz CT molecular complexity index is 616. The van der Waals surface area contributed by atoms with Crippen LogP contribution in [0.5, 0.6) is 5.75 Å². The van der Waals surface area contributed by atoms with Gasteiger partial charge in [-0.3, -0.25) is 0 Å². The zero-order chi connectivity index (χ0) is 15.6. The third-order valence-electron chi connectivity index (χ3n) is 3.68. The molecular weight excluding hydrogens is 292 g/mol. The van der Waals surface area contributed by atoms with Crippen LogP contribution < -0.4 is 10.5 Å². The molecule has 1 heterocycles. The van der Waals surface area contributed by atoms with E-state index in [1.165, 1.54) is 17.4 Å². The Morgan fingerprint density at radius 3 is 2.86 bits per heavy atom. The molecule has 118 valence electrons. The molecule has 0 aliphatic carbocycles. The number of fused-ring (bicyclic) bond motifs is 1. The zero-order valence-corrected chi connectivity index (χ0v) is 13.4. The molecule has 0 aromatic heterocycles. The summed E-state index contributed by atoms with van der Waals surface area (Å²) in [6, 6.07) is 2.97. The fraction of sp³-hybridized carbons (Fsp3) is 0.571. The van der Waals surface area contributed by atoms with E-state index in [0.29, 0.717) is 24.7 Å². The van der Waals surface area contributed by atoms with Crippen LogP contribution in [0.15, 0.2) is 17.0 Å². The van der Waals surface area contributed by atoms with Crippen LogP contribution in [0.4, 0.5) is 5.69 Å². The quantitative estimate of drug-likeness (QED) is 0.827. The second-order valence-corrected chi connectivity index (χ2v) is 7.25. The van der Waals surface area contributed by atoms with E-state index in [1.807, 2.05) is 0 Å². The highest BCUT2D eigenvalue weighted by atomic mass is 32.2. The van der Waals surface area contributed by atoms with E-state index in [-0.39, 0.29) is 10.9 Å². The second kappa shape index (κ2) is 6.21. The van der Waals surface area contributed by atoms with Gasteiger partial charge in [0.25, 0.3) is 0 Å². The highest BCUT2D eigenvalue weighted by molar-refractivity contribution is 7.89. The number of ether oxygens (including phenoxy) is 2. The number of rotatable bonds is 5. The maximum atomic E-state index is 12.8. The maximum Gasteiger partial charge on any atom is 0.246 e. The first-order chi connectivity index (χ1) is 9.87. The molecule has 1 aliphatic rings.